The van der Waals surface area contributed by atoms with Crippen molar-refractivity contribution in [3.8, 4) is 0 Å². The van der Waals surface area contributed by atoms with E-state index >= 15 is 0 Å². The van der Waals surface area contributed by atoms with Crippen LogP contribution in [0.2, 0.25) is 0 Å². The van der Waals surface area contributed by atoms with Gasteiger partial charge >= 0.3 is 0 Å². The zero-order valence-corrected chi connectivity index (χ0v) is 16.0. The number of amides is 3. The monoisotopic (exact) mass is 395 g/mol. The summed E-state index contributed by atoms with van der Waals surface area (Å²) >= 11 is 0. The third-order valence-corrected chi connectivity index (χ3v) is 4.86. The number of imide groups is 1. The quantitative estimate of drug-likeness (QED) is 0.777. The van der Waals surface area contributed by atoms with Crippen LogP contribution in [0.15, 0.2) is 52.8 Å². The van der Waals surface area contributed by atoms with Crippen molar-refractivity contribution >= 4 is 29.0 Å². The van der Waals surface area contributed by atoms with Gasteiger partial charge in [-0.15, -0.1) is 0 Å². The third-order valence-electron chi connectivity index (χ3n) is 4.86. The van der Waals surface area contributed by atoms with E-state index in [4.69, 9.17) is 9.15 Å². The van der Waals surface area contributed by atoms with Crippen LogP contribution in [0.25, 0.3) is 5.57 Å². The van der Waals surface area contributed by atoms with Crippen LogP contribution < -0.4 is 5.32 Å². The maximum Gasteiger partial charge on any atom is 0.278 e. The Kier molecular flexibility index (Phi) is 5.18. The first-order valence-electron chi connectivity index (χ1n) is 9.38. The molecule has 0 bridgehead atoms. The van der Waals surface area contributed by atoms with Crippen LogP contribution in [0.3, 0.4) is 0 Å². The van der Waals surface area contributed by atoms with E-state index in [2.05, 4.69) is 5.32 Å². The molecule has 1 aromatic carbocycles. The fourth-order valence-corrected chi connectivity index (χ4v) is 3.53. The Balaban J connectivity index is 1.70. The lowest BCUT2D eigenvalue weighted by Gasteiger charge is -2.29. The SMILES string of the molecule is CC(=O)Nc1ccc(C2=C(N3CCOCC3)C(=O)N(Cc3ccco3)C2=O)cc1. The van der Waals surface area contributed by atoms with E-state index in [1.165, 1.54) is 18.1 Å². The number of nitrogens with one attached hydrogen (secondary N) is 1. The molecule has 0 aliphatic carbocycles. The number of benzene rings is 1. The van der Waals surface area contributed by atoms with E-state index in [9.17, 15) is 14.4 Å². The fourth-order valence-electron chi connectivity index (χ4n) is 3.53. The molecule has 2 aliphatic rings. The second-order valence-electron chi connectivity index (χ2n) is 6.86. The Morgan fingerprint density at radius 3 is 2.41 bits per heavy atom. The first kappa shape index (κ1) is 18.9. The molecule has 4 rings (SSSR count). The Labute approximate surface area is 167 Å². The Bertz CT molecular complexity index is 957. The summed E-state index contributed by atoms with van der Waals surface area (Å²) < 4.78 is 10.7. The molecule has 0 saturated carbocycles. The number of carbonyl (C=O) groups is 3. The fraction of sp³-hybridized carbons (Fsp3) is 0.286. The Morgan fingerprint density at radius 1 is 1.07 bits per heavy atom. The lowest BCUT2D eigenvalue weighted by Crippen LogP contribution is -2.40. The van der Waals surface area contributed by atoms with Crippen LogP contribution in [0.4, 0.5) is 5.69 Å². The summed E-state index contributed by atoms with van der Waals surface area (Å²) in [5.74, 6) is -0.340. The van der Waals surface area contributed by atoms with Gasteiger partial charge in [-0.05, 0) is 29.8 Å². The van der Waals surface area contributed by atoms with Gasteiger partial charge in [0.05, 0.1) is 31.6 Å². The minimum Gasteiger partial charge on any atom is -0.467 e. The van der Waals surface area contributed by atoms with E-state index in [0.717, 1.165) is 0 Å². The minimum absolute atomic E-state index is 0.0754. The smallest absolute Gasteiger partial charge is 0.278 e. The van der Waals surface area contributed by atoms with Crippen molar-refractivity contribution in [2.24, 2.45) is 0 Å². The molecule has 1 aromatic heterocycles. The lowest BCUT2D eigenvalue weighted by atomic mass is 10.0. The molecule has 1 N–H and O–H groups in total. The van der Waals surface area contributed by atoms with Crippen molar-refractivity contribution in [2.75, 3.05) is 31.6 Å². The van der Waals surface area contributed by atoms with Crippen molar-refractivity contribution in [2.45, 2.75) is 13.5 Å². The molecule has 3 amide bonds. The largest absolute Gasteiger partial charge is 0.467 e. The molecular weight excluding hydrogens is 374 g/mol. The Morgan fingerprint density at radius 2 is 1.79 bits per heavy atom. The molecule has 2 aliphatic heterocycles. The van der Waals surface area contributed by atoms with Crippen molar-refractivity contribution in [3.63, 3.8) is 0 Å². The Hall–Kier alpha value is -3.39. The summed E-state index contributed by atoms with van der Waals surface area (Å²) in [7, 11) is 0. The molecule has 8 heteroatoms. The topological polar surface area (TPSA) is 92.1 Å². The second-order valence-corrected chi connectivity index (χ2v) is 6.86. The van der Waals surface area contributed by atoms with E-state index in [-0.39, 0.29) is 24.3 Å². The second kappa shape index (κ2) is 7.92. The normalized spacial score (nSPS) is 17.3. The van der Waals surface area contributed by atoms with Gasteiger partial charge in [0.15, 0.2) is 0 Å². The average molecular weight is 395 g/mol. The molecular formula is C21H21N3O5. The highest BCUT2D eigenvalue weighted by atomic mass is 16.5. The summed E-state index contributed by atoms with van der Waals surface area (Å²) in [6.07, 6.45) is 1.51. The number of hydrogen-bond donors (Lipinski definition) is 1. The summed E-state index contributed by atoms with van der Waals surface area (Å²) in [6.45, 7) is 3.58. The number of anilines is 1. The first-order chi connectivity index (χ1) is 14.0. The number of rotatable bonds is 5. The number of ether oxygens (including phenoxy) is 1. The van der Waals surface area contributed by atoms with E-state index in [1.54, 1.807) is 36.4 Å². The average Bonchev–Trinajstić information content (AvgIpc) is 3.31. The predicted octanol–water partition coefficient (Wildman–Crippen LogP) is 1.85. The maximum atomic E-state index is 13.2. The molecule has 0 atom stereocenters. The van der Waals surface area contributed by atoms with Gasteiger partial charge in [0.2, 0.25) is 5.91 Å². The number of carbonyl (C=O) groups excluding carboxylic acids is 3. The zero-order valence-electron chi connectivity index (χ0n) is 16.0. The van der Waals surface area contributed by atoms with Gasteiger partial charge in [0.25, 0.3) is 11.8 Å². The van der Waals surface area contributed by atoms with Crippen LogP contribution in [0.1, 0.15) is 18.2 Å². The number of hydrogen-bond acceptors (Lipinski definition) is 6. The molecule has 0 spiro atoms. The molecule has 0 unspecified atom stereocenters. The van der Waals surface area contributed by atoms with Crippen molar-refractivity contribution in [3.05, 3.63) is 59.7 Å². The zero-order chi connectivity index (χ0) is 20.4. The molecule has 1 saturated heterocycles. The number of morpholine rings is 1. The summed E-state index contributed by atoms with van der Waals surface area (Å²) in [6, 6.07) is 10.4. The minimum atomic E-state index is -0.361. The van der Waals surface area contributed by atoms with Gasteiger partial charge in [-0.2, -0.15) is 0 Å². The first-order valence-corrected chi connectivity index (χ1v) is 9.38. The van der Waals surface area contributed by atoms with Crippen LogP contribution in [0, 0.1) is 0 Å². The van der Waals surface area contributed by atoms with Crippen LogP contribution >= 0.6 is 0 Å². The molecule has 3 heterocycles. The van der Waals surface area contributed by atoms with Gasteiger partial charge in [-0.25, -0.2) is 0 Å². The summed E-state index contributed by atoms with van der Waals surface area (Å²) in [4.78, 5) is 40.8. The van der Waals surface area contributed by atoms with Crippen LogP contribution in [-0.4, -0.2) is 53.8 Å². The highest BCUT2D eigenvalue weighted by Crippen LogP contribution is 2.33. The highest BCUT2D eigenvalue weighted by Gasteiger charge is 2.42. The number of nitrogens with zero attached hydrogens (tertiary/aromatic N) is 2. The molecule has 0 radical (unpaired) electrons. The summed E-state index contributed by atoms with van der Waals surface area (Å²) in [5, 5.41) is 2.70. The molecule has 29 heavy (non-hydrogen) atoms. The van der Waals surface area contributed by atoms with Gasteiger partial charge in [0, 0.05) is 25.7 Å². The summed E-state index contributed by atoms with van der Waals surface area (Å²) in [5.41, 5.74) is 2.00. The predicted molar refractivity (Wildman–Crippen MR) is 104 cm³/mol. The molecule has 1 fully saturated rings. The van der Waals surface area contributed by atoms with Crippen LogP contribution in [0.5, 0.6) is 0 Å². The van der Waals surface area contributed by atoms with E-state index < -0.39 is 0 Å². The molecule has 2 aromatic rings. The van der Waals surface area contributed by atoms with Crippen LogP contribution in [-0.2, 0) is 25.7 Å². The van der Waals surface area contributed by atoms with E-state index in [0.29, 0.717) is 54.6 Å². The third kappa shape index (κ3) is 3.79. The van der Waals surface area contributed by atoms with E-state index in [1.807, 2.05) is 4.90 Å². The maximum absolute atomic E-state index is 13.2. The van der Waals surface area contributed by atoms with Crippen molar-refractivity contribution in [1.82, 2.24) is 9.80 Å². The lowest BCUT2D eigenvalue weighted by molar-refractivity contribution is -0.138. The highest BCUT2D eigenvalue weighted by molar-refractivity contribution is 6.35. The van der Waals surface area contributed by atoms with Gasteiger partial charge in [-0.3, -0.25) is 19.3 Å². The van der Waals surface area contributed by atoms with Gasteiger partial charge < -0.3 is 19.4 Å². The molecule has 8 nitrogen and oxygen atoms in total. The van der Waals surface area contributed by atoms with Gasteiger partial charge in [-0.1, -0.05) is 12.1 Å². The standard InChI is InChI=1S/C21H21N3O5/c1-14(25)22-16-6-4-15(5-7-16)18-19(23-8-11-28-12-9-23)21(27)24(20(18)26)13-17-3-2-10-29-17/h2-7,10H,8-9,11-13H2,1H3,(H,22,25). The van der Waals surface area contributed by atoms with Crippen molar-refractivity contribution in [1.29, 1.82) is 0 Å². The van der Waals surface area contributed by atoms with Gasteiger partial charge in [0.1, 0.15) is 11.5 Å². The molecule has 150 valence electrons. The van der Waals surface area contributed by atoms with Crippen molar-refractivity contribution < 1.29 is 23.5 Å². The number of furan rings is 1.